The third kappa shape index (κ3) is 19.3. The number of hydrogen-bond donors (Lipinski definition) is 6. The maximum absolute atomic E-state index is 14.2. The number of esters is 3. The molecule has 9 N–H and O–H groups in total. The Balaban J connectivity index is 0.000000194. The molecule has 0 saturated carbocycles. The van der Waals surface area contributed by atoms with Crippen LogP contribution in [0.3, 0.4) is 0 Å². The topological polar surface area (TPSA) is 382 Å². The van der Waals surface area contributed by atoms with Crippen molar-refractivity contribution in [2.24, 2.45) is 37.8 Å². The highest BCUT2D eigenvalue weighted by Crippen LogP contribution is 2.47. The molecule has 576 valence electrons. The first-order valence-electron chi connectivity index (χ1n) is 31.7. The highest BCUT2D eigenvalue weighted by Gasteiger charge is 2.43. The highest BCUT2D eigenvalue weighted by atomic mass is 19.2. The number of aryl methyl sites for hydroxylation is 3. The van der Waals surface area contributed by atoms with Crippen molar-refractivity contribution in [2.45, 2.75) is 59.4 Å². The fourth-order valence-electron chi connectivity index (χ4n) is 11.6. The second-order valence-electron chi connectivity index (χ2n) is 23.3. The van der Waals surface area contributed by atoms with E-state index in [1.54, 1.807) is 50.1 Å². The van der Waals surface area contributed by atoms with Crippen LogP contribution in [0.1, 0.15) is 154 Å². The normalized spacial score (nSPS) is 14.8. The lowest BCUT2D eigenvalue weighted by Crippen LogP contribution is -2.35. The van der Waals surface area contributed by atoms with Crippen molar-refractivity contribution in [1.29, 1.82) is 0 Å². The van der Waals surface area contributed by atoms with Gasteiger partial charge in [0.2, 0.25) is 0 Å². The van der Waals surface area contributed by atoms with Gasteiger partial charge >= 0.3 is 17.9 Å². The summed E-state index contributed by atoms with van der Waals surface area (Å²) in [6, 6.07) is 31.0. The minimum atomic E-state index is -0.880. The number of aliphatic imine (C=N–C) groups is 1. The van der Waals surface area contributed by atoms with Gasteiger partial charge in [-0.2, -0.15) is 20.4 Å². The van der Waals surface area contributed by atoms with Crippen molar-refractivity contribution in [1.82, 2.24) is 54.5 Å². The molecule has 27 nitrogen and oxygen atoms in total. The molecule has 4 atom stereocenters. The van der Waals surface area contributed by atoms with Gasteiger partial charge in [0.25, 0.3) is 5.56 Å². The van der Waals surface area contributed by atoms with Gasteiger partial charge in [-0.15, -0.1) is 0 Å². The number of aldehydes is 2. The lowest BCUT2D eigenvalue weighted by Gasteiger charge is -2.34. The molecule has 0 spiro atoms. The van der Waals surface area contributed by atoms with E-state index < -0.39 is 82.3 Å². The number of hydrogen-bond acceptors (Lipinski definition) is 23. The van der Waals surface area contributed by atoms with Gasteiger partial charge in [0.05, 0.1) is 64.1 Å². The first-order chi connectivity index (χ1) is 51.9. The van der Waals surface area contributed by atoms with E-state index in [0.717, 1.165) is 36.9 Å². The maximum Gasteiger partial charge on any atom is 0.339 e. The molecule has 8 aromatic carbocycles. The Morgan fingerprint density at radius 1 is 0.550 bits per heavy atom. The van der Waals surface area contributed by atoms with E-state index >= 15 is 0 Å². The van der Waals surface area contributed by atoms with Crippen molar-refractivity contribution in [3.63, 3.8) is 0 Å². The van der Waals surface area contributed by atoms with Crippen LogP contribution in [0.15, 0.2) is 174 Å². The van der Waals surface area contributed by atoms with E-state index in [-0.39, 0.29) is 92.0 Å². The number of Topliss-reactive ketones (excluding diaryl/α,β-unsaturated/α-hetero) is 1. The van der Waals surface area contributed by atoms with Crippen LogP contribution in [0.4, 0.5) is 57.9 Å². The lowest BCUT2D eigenvalue weighted by molar-refractivity contribution is 0.0526. The second-order valence-corrected chi connectivity index (χ2v) is 23.3. The van der Waals surface area contributed by atoms with E-state index in [4.69, 9.17) is 15.2 Å². The number of aromatic amines is 1. The third-order valence-corrected chi connectivity index (χ3v) is 16.7. The smallest absolute Gasteiger partial charge is 0.339 e. The molecule has 0 saturated heterocycles. The van der Waals surface area contributed by atoms with Gasteiger partial charge in [-0.25, -0.2) is 74.2 Å². The highest BCUT2D eigenvalue weighted by molar-refractivity contribution is 6.14. The number of benzene rings is 8. The zero-order valence-electron chi connectivity index (χ0n) is 56.8. The number of ether oxygens (including phenoxy) is 3. The Bertz CT molecular complexity index is 5430. The summed E-state index contributed by atoms with van der Waals surface area (Å²) in [5.41, 5.74) is 10.7. The molecule has 111 heavy (non-hydrogen) atoms. The minimum Gasteiger partial charge on any atom is -0.465 e. The Labute approximate surface area is 627 Å². The largest absolute Gasteiger partial charge is 0.465 e. The van der Waals surface area contributed by atoms with Gasteiger partial charge in [-0.05, 0) is 126 Å². The summed E-state index contributed by atoms with van der Waals surface area (Å²) in [5, 5.41) is 25.7. The van der Waals surface area contributed by atoms with Crippen molar-refractivity contribution in [3.05, 3.63) is 300 Å². The van der Waals surface area contributed by atoms with Crippen molar-refractivity contribution in [3.8, 4) is 0 Å². The number of methoxy groups -OCH3 is 1. The standard InChI is InChI=1S/C20H16F2N4O3.C19H14F2N6O.C15H9F2NO2.C8H6FNO2.C7H5FO.C4H5N3O.3CH4.H4N2/c1-26-19(23-9-24-26)16-17(10-3-5-11(21)6-4-10)25-14-8-12(22)7-13(20(28)29-2)15(14)18(16)27;1-27-18(22-8-23-27)15-16(9-2-4-10(20)5-3-9)24-13-7-11(21)6-12-14(13)17(15)25-26-19(12)28;16-10-3-1-9(2-4-10)7-18-14-6-11(17)5-12-13(14)8-20-15(12)19;9-4-1-5-6(7(10)2-4)3-12-8(5)11;8-7-3-1-6(5-9)2-4-7;1-7-4(2-8)5-3-6-7;;;;1-2/h3-9,16-17,25H,1-2H3;2-8,15-16,24H,1H3,(H,26,28);1-7H,8H2;1-2H,3,10H2;1-5H;2-3H,1H3;3*1H4;1-2H2. The first kappa shape index (κ1) is 84.4. The lowest BCUT2D eigenvalue weighted by atomic mass is 9.80. The van der Waals surface area contributed by atoms with E-state index in [1.807, 2.05) is 0 Å². The van der Waals surface area contributed by atoms with Crippen molar-refractivity contribution >= 4 is 76.0 Å². The van der Waals surface area contributed by atoms with Gasteiger partial charge in [0, 0.05) is 66.5 Å². The van der Waals surface area contributed by atoms with Crippen LogP contribution in [0, 0.1) is 46.5 Å². The molecular weight excluding hydrogens is 1460 g/mol. The summed E-state index contributed by atoms with van der Waals surface area (Å²) < 4.78 is 125. The Hall–Kier alpha value is -13.8. The molecule has 4 aliphatic rings. The van der Waals surface area contributed by atoms with Crippen LogP contribution in [0.5, 0.6) is 0 Å². The molecule has 35 heteroatoms. The number of nitrogen functional groups attached to an aromatic ring is 1. The number of ketones is 1. The number of cyclic esters (lactones) is 2. The molecule has 4 aromatic heterocycles. The number of aromatic nitrogens is 11. The van der Waals surface area contributed by atoms with Crippen LogP contribution in [-0.4, -0.2) is 104 Å². The van der Waals surface area contributed by atoms with Crippen LogP contribution in [0.2, 0.25) is 0 Å². The molecule has 8 heterocycles. The number of H-pyrrole nitrogens is 1. The molecule has 0 fully saturated rings. The fourth-order valence-corrected chi connectivity index (χ4v) is 11.6. The third-order valence-electron chi connectivity index (χ3n) is 16.7. The SMILES string of the molecule is C.C.C.COC(=O)c1cc(F)cc2c1C(=O)C(c1ncnn1C)C(c1ccc(F)cc1)N2.Cn1ncnc1C1c2n[nH]c(=O)c3cc(F)cc(c23)NC1c1ccc(F)cc1.Cn1ncnc1C=O.NN.Nc1cc(F)cc2c1COC2=O.O=C1OCc2c(N=Cc3ccc(F)cc3)cc(F)cc21.O=Cc1ccc(F)cc1. The number of nitrogens with zero attached hydrogens (tertiary/aromatic N) is 11. The summed E-state index contributed by atoms with van der Waals surface area (Å²) in [6.07, 6.45) is 6.90. The molecular formula is C76H71F8N17O10. The summed E-state index contributed by atoms with van der Waals surface area (Å²) in [4.78, 5) is 96.6. The molecule has 0 aliphatic carbocycles. The number of carbonyl (C=O) groups excluding carboxylic acids is 6. The summed E-state index contributed by atoms with van der Waals surface area (Å²) in [7, 11) is 6.21. The summed E-state index contributed by atoms with van der Waals surface area (Å²) in [6.45, 7) is 0.241. The number of fused-ring (bicyclic) bond motifs is 3. The monoisotopic (exact) mass is 1530 g/mol. The Morgan fingerprint density at radius 2 is 1.01 bits per heavy atom. The van der Waals surface area contributed by atoms with Gasteiger partial charge in [0.15, 0.2) is 17.9 Å². The number of hydrazine groups is 1. The predicted octanol–water partition coefficient (Wildman–Crippen LogP) is 12.1. The quantitative estimate of drug-likeness (QED) is 0.0114. The number of anilines is 3. The van der Waals surface area contributed by atoms with E-state index in [1.165, 1.54) is 132 Å². The van der Waals surface area contributed by atoms with Gasteiger partial charge in [0.1, 0.15) is 103 Å². The number of halogens is 8. The fraction of sp³-hybridized carbons (Fsp3) is 0.171. The van der Waals surface area contributed by atoms with Crippen molar-refractivity contribution in [2.75, 3.05) is 23.5 Å². The average molecular weight is 1530 g/mol. The van der Waals surface area contributed by atoms with Crippen LogP contribution in [-0.2, 0) is 48.6 Å². The molecule has 4 aliphatic heterocycles. The minimum absolute atomic E-state index is 0. The molecule has 0 radical (unpaired) electrons. The molecule has 0 bridgehead atoms. The Morgan fingerprint density at radius 3 is 1.51 bits per heavy atom. The maximum atomic E-state index is 14.2. The first-order valence-corrected chi connectivity index (χ1v) is 31.7. The zero-order valence-corrected chi connectivity index (χ0v) is 56.8. The van der Waals surface area contributed by atoms with Gasteiger partial charge < -0.3 is 30.6 Å². The molecule has 12 aromatic rings. The van der Waals surface area contributed by atoms with Crippen LogP contribution >= 0.6 is 0 Å². The number of carbonyl (C=O) groups is 6. The van der Waals surface area contributed by atoms with E-state index in [9.17, 15) is 68.7 Å². The van der Waals surface area contributed by atoms with Crippen LogP contribution < -0.4 is 33.6 Å². The van der Waals surface area contributed by atoms with Crippen LogP contribution in [0.25, 0.3) is 10.8 Å². The number of nitrogens with two attached hydrogens (primary N) is 3. The van der Waals surface area contributed by atoms with Gasteiger partial charge in [-0.3, -0.25) is 45.2 Å². The Kier molecular flexibility index (Phi) is 28.6. The summed E-state index contributed by atoms with van der Waals surface area (Å²) >= 11 is 0. The van der Waals surface area contributed by atoms with E-state index in [2.05, 4.69) is 72.5 Å². The second kappa shape index (κ2) is 37.6. The number of nitrogens with one attached hydrogen (secondary N) is 3. The molecule has 16 rings (SSSR count). The van der Waals surface area contributed by atoms with E-state index in [0.29, 0.717) is 80.3 Å². The van der Waals surface area contributed by atoms with Gasteiger partial charge in [-0.1, -0.05) is 58.7 Å². The number of rotatable bonds is 9. The summed E-state index contributed by atoms with van der Waals surface area (Å²) in [5.74, 6) is 1.96. The zero-order chi connectivity index (χ0) is 77.6. The molecule has 0 amide bonds. The predicted molar refractivity (Wildman–Crippen MR) is 392 cm³/mol. The average Bonchev–Trinajstić information content (AvgIpc) is 1.70. The molecule has 4 unspecified atom stereocenters. The van der Waals surface area contributed by atoms with Crippen molar-refractivity contribution < 1.29 is 78.1 Å².